The molecule has 2 saturated heterocycles. The average Bonchev–Trinajstić information content (AvgIpc) is 2.99. The maximum Gasteiger partial charge on any atom is 0.227 e. The molecule has 5 heteroatoms. The van der Waals surface area contributed by atoms with Crippen LogP contribution in [0.4, 0.5) is 17.5 Å². The fraction of sp³-hybridized carbons (Fsp3) is 0.565. The molecule has 150 valence electrons. The second-order valence-electron chi connectivity index (χ2n) is 8.26. The number of anilines is 3. The summed E-state index contributed by atoms with van der Waals surface area (Å²) in [5.41, 5.74) is 5.20. The van der Waals surface area contributed by atoms with Crippen molar-refractivity contribution in [3.8, 4) is 0 Å². The lowest BCUT2D eigenvalue weighted by Crippen LogP contribution is -2.47. The van der Waals surface area contributed by atoms with Gasteiger partial charge < -0.3 is 14.7 Å². The van der Waals surface area contributed by atoms with E-state index in [0.717, 1.165) is 56.7 Å². The van der Waals surface area contributed by atoms with E-state index in [1.54, 1.807) is 0 Å². The van der Waals surface area contributed by atoms with Crippen molar-refractivity contribution in [2.24, 2.45) is 0 Å². The first-order valence-electron chi connectivity index (χ1n) is 10.8. The van der Waals surface area contributed by atoms with Crippen LogP contribution in [-0.4, -0.2) is 49.2 Å². The summed E-state index contributed by atoms with van der Waals surface area (Å²) >= 11 is 0. The highest BCUT2D eigenvalue weighted by Crippen LogP contribution is 2.26. The van der Waals surface area contributed by atoms with Gasteiger partial charge in [-0.2, -0.15) is 4.98 Å². The molecule has 2 aliphatic heterocycles. The predicted octanol–water partition coefficient (Wildman–Crippen LogP) is 4.11. The third kappa shape index (κ3) is 4.08. The van der Waals surface area contributed by atoms with Crippen LogP contribution in [0.3, 0.4) is 0 Å². The van der Waals surface area contributed by atoms with E-state index in [9.17, 15) is 0 Å². The Kier molecular flexibility index (Phi) is 5.69. The number of rotatable bonds is 3. The molecule has 0 spiro atoms. The third-order valence-corrected chi connectivity index (χ3v) is 6.24. The van der Waals surface area contributed by atoms with Gasteiger partial charge in [0.2, 0.25) is 5.95 Å². The van der Waals surface area contributed by atoms with E-state index in [2.05, 4.69) is 59.7 Å². The van der Waals surface area contributed by atoms with Crippen LogP contribution in [0.2, 0.25) is 0 Å². The zero-order chi connectivity index (χ0) is 19.5. The molecule has 2 aliphatic rings. The van der Waals surface area contributed by atoms with Crippen LogP contribution >= 0.6 is 0 Å². The lowest BCUT2D eigenvalue weighted by molar-refractivity contribution is 0.636. The quantitative estimate of drug-likeness (QED) is 0.802. The average molecular weight is 380 g/mol. The Hall–Kier alpha value is -2.30. The topological polar surface area (TPSA) is 35.5 Å². The molecule has 0 atom stereocenters. The zero-order valence-corrected chi connectivity index (χ0v) is 17.6. The molecule has 2 fully saturated rings. The normalized spacial score (nSPS) is 18.3. The third-order valence-electron chi connectivity index (χ3n) is 6.24. The van der Waals surface area contributed by atoms with E-state index in [4.69, 9.17) is 9.97 Å². The van der Waals surface area contributed by atoms with Crippen LogP contribution in [0, 0.1) is 20.8 Å². The van der Waals surface area contributed by atoms with Gasteiger partial charge in [0.1, 0.15) is 5.82 Å². The molecule has 0 radical (unpaired) electrons. The van der Waals surface area contributed by atoms with E-state index >= 15 is 0 Å². The number of piperazine rings is 1. The summed E-state index contributed by atoms with van der Waals surface area (Å²) in [4.78, 5) is 17.1. The van der Waals surface area contributed by atoms with Gasteiger partial charge in [0.05, 0.1) is 0 Å². The van der Waals surface area contributed by atoms with Crippen LogP contribution in [0.25, 0.3) is 0 Å². The lowest BCUT2D eigenvalue weighted by Gasteiger charge is -2.37. The van der Waals surface area contributed by atoms with Crippen molar-refractivity contribution in [3.63, 3.8) is 0 Å². The predicted molar refractivity (Wildman–Crippen MR) is 118 cm³/mol. The fourth-order valence-corrected chi connectivity index (χ4v) is 4.37. The van der Waals surface area contributed by atoms with Gasteiger partial charge in [0, 0.05) is 56.7 Å². The monoisotopic (exact) mass is 379 g/mol. The highest BCUT2D eigenvalue weighted by Gasteiger charge is 2.22. The van der Waals surface area contributed by atoms with Gasteiger partial charge in [-0.25, -0.2) is 4.98 Å². The number of nitrogens with zero attached hydrogens (tertiary/aromatic N) is 5. The van der Waals surface area contributed by atoms with E-state index in [-0.39, 0.29) is 0 Å². The van der Waals surface area contributed by atoms with Gasteiger partial charge in [0.25, 0.3) is 0 Å². The number of aryl methyl sites for hydroxylation is 2. The maximum atomic E-state index is 4.97. The van der Waals surface area contributed by atoms with Crippen molar-refractivity contribution in [3.05, 3.63) is 41.1 Å². The molecule has 0 bridgehead atoms. The molecule has 1 aromatic carbocycles. The molecule has 0 aliphatic carbocycles. The molecule has 0 N–H and O–H groups in total. The summed E-state index contributed by atoms with van der Waals surface area (Å²) in [6.45, 7) is 12.7. The van der Waals surface area contributed by atoms with Crippen molar-refractivity contribution in [1.29, 1.82) is 0 Å². The first-order valence-corrected chi connectivity index (χ1v) is 10.8. The molecule has 3 heterocycles. The minimum absolute atomic E-state index is 0.903. The van der Waals surface area contributed by atoms with Crippen LogP contribution in [0.15, 0.2) is 24.3 Å². The van der Waals surface area contributed by atoms with Gasteiger partial charge in [-0.3, -0.25) is 0 Å². The van der Waals surface area contributed by atoms with Gasteiger partial charge in [-0.1, -0.05) is 25.0 Å². The summed E-state index contributed by atoms with van der Waals surface area (Å²) in [6, 6.07) is 8.76. The van der Waals surface area contributed by atoms with Crippen molar-refractivity contribution < 1.29 is 0 Å². The highest BCUT2D eigenvalue weighted by atomic mass is 15.3. The van der Waals surface area contributed by atoms with Crippen molar-refractivity contribution in [2.75, 3.05) is 54.0 Å². The van der Waals surface area contributed by atoms with Crippen LogP contribution in [-0.2, 0) is 0 Å². The maximum absolute atomic E-state index is 4.97. The standard InChI is InChI=1S/C23H33N5/c1-18-9-8-10-21(20(18)3)26-13-15-28(16-14-26)23-24-19(2)17-22(25-23)27-11-6-4-5-7-12-27/h8-10,17H,4-7,11-16H2,1-3H3. The van der Waals surface area contributed by atoms with Crippen molar-refractivity contribution >= 4 is 17.5 Å². The summed E-state index contributed by atoms with van der Waals surface area (Å²) in [5.74, 6) is 2.02. The summed E-state index contributed by atoms with van der Waals surface area (Å²) in [6.07, 6.45) is 5.22. The summed E-state index contributed by atoms with van der Waals surface area (Å²) < 4.78 is 0. The Morgan fingerprint density at radius 1 is 0.714 bits per heavy atom. The van der Waals surface area contributed by atoms with Crippen molar-refractivity contribution in [2.45, 2.75) is 46.5 Å². The highest BCUT2D eigenvalue weighted by molar-refractivity contribution is 5.57. The smallest absolute Gasteiger partial charge is 0.227 e. The largest absolute Gasteiger partial charge is 0.368 e. The molecule has 0 unspecified atom stereocenters. The van der Waals surface area contributed by atoms with Crippen LogP contribution in [0.1, 0.15) is 42.5 Å². The van der Waals surface area contributed by atoms with Crippen LogP contribution < -0.4 is 14.7 Å². The first-order chi connectivity index (χ1) is 13.6. The minimum atomic E-state index is 0.903. The van der Waals surface area contributed by atoms with Gasteiger partial charge >= 0.3 is 0 Å². The van der Waals surface area contributed by atoms with E-state index < -0.39 is 0 Å². The Balaban J connectivity index is 1.47. The molecular formula is C23H33N5. The Morgan fingerprint density at radius 2 is 1.39 bits per heavy atom. The summed E-state index contributed by atoms with van der Waals surface area (Å²) in [7, 11) is 0. The van der Waals surface area contributed by atoms with E-state index in [1.165, 1.54) is 42.5 Å². The summed E-state index contributed by atoms with van der Waals surface area (Å²) in [5, 5.41) is 0. The van der Waals surface area contributed by atoms with Gasteiger partial charge in [-0.15, -0.1) is 0 Å². The number of hydrogen-bond donors (Lipinski definition) is 0. The molecular weight excluding hydrogens is 346 g/mol. The lowest BCUT2D eigenvalue weighted by atomic mass is 10.1. The van der Waals surface area contributed by atoms with E-state index in [1.807, 2.05) is 0 Å². The van der Waals surface area contributed by atoms with Gasteiger partial charge in [-0.05, 0) is 50.8 Å². The Labute approximate surface area is 169 Å². The Bertz CT molecular complexity index is 803. The second-order valence-corrected chi connectivity index (χ2v) is 8.26. The molecule has 5 nitrogen and oxygen atoms in total. The first kappa shape index (κ1) is 19.0. The van der Waals surface area contributed by atoms with E-state index in [0.29, 0.717) is 0 Å². The molecule has 1 aromatic heterocycles. The number of benzene rings is 1. The molecule has 4 rings (SSSR count). The molecule has 0 saturated carbocycles. The molecule has 28 heavy (non-hydrogen) atoms. The second kappa shape index (κ2) is 8.38. The zero-order valence-electron chi connectivity index (χ0n) is 17.6. The number of hydrogen-bond acceptors (Lipinski definition) is 5. The van der Waals surface area contributed by atoms with Crippen molar-refractivity contribution in [1.82, 2.24) is 9.97 Å². The number of aromatic nitrogens is 2. The Morgan fingerprint density at radius 3 is 2.11 bits per heavy atom. The fourth-order valence-electron chi connectivity index (χ4n) is 4.37. The minimum Gasteiger partial charge on any atom is -0.368 e. The SMILES string of the molecule is Cc1cc(N2CCCCCC2)nc(N2CCN(c3cccc(C)c3C)CC2)n1. The van der Waals surface area contributed by atoms with Crippen LogP contribution in [0.5, 0.6) is 0 Å². The van der Waals surface area contributed by atoms with Gasteiger partial charge in [0.15, 0.2) is 0 Å². The molecule has 0 amide bonds. The molecule has 2 aromatic rings.